The van der Waals surface area contributed by atoms with Gasteiger partial charge in [-0.15, -0.1) is 0 Å². The van der Waals surface area contributed by atoms with Crippen molar-refractivity contribution in [3.8, 4) is 6.07 Å². The molecular weight excluding hydrogens is 228 g/mol. The molecule has 0 aromatic heterocycles. The fraction of sp³-hybridized carbons (Fsp3) is 0.429. The summed E-state index contributed by atoms with van der Waals surface area (Å²) in [6.45, 7) is 4.38. The second-order valence-electron chi connectivity index (χ2n) is 4.57. The Kier molecular flexibility index (Phi) is 3.63. The molecule has 1 aromatic rings. The van der Waals surface area contributed by atoms with Crippen molar-refractivity contribution in [2.45, 2.75) is 26.4 Å². The Morgan fingerprint density at radius 1 is 1.56 bits per heavy atom. The van der Waals surface area contributed by atoms with E-state index >= 15 is 0 Å². The highest BCUT2D eigenvalue weighted by Gasteiger charge is 2.31. The molecule has 1 fully saturated rings. The van der Waals surface area contributed by atoms with E-state index in [0.29, 0.717) is 17.9 Å². The van der Waals surface area contributed by atoms with E-state index in [0.717, 1.165) is 12.0 Å². The number of anilines is 1. The highest BCUT2D eigenvalue weighted by molar-refractivity contribution is 5.94. The fourth-order valence-electron chi connectivity index (χ4n) is 2.22. The van der Waals surface area contributed by atoms with Crippen molar-refractivity contribution in [1.29, 1.82) is 5.26 Å². The lowest BCUT2D eigenvalue weighted by Crippen LogP contribution is -2.28. The molecule has 4 nitrogen and oxygen atoms in total. The van der Waals surface area contributed by atoms with Gasteiger partial charge < -0.3 is 10.1 Å². The third-order valence-electron chi connectivity index (χ3n) is 3.36. The van der Waals surface area contributed by atoms with Crippen LogP contribution in [-0.4, -0.2) is 18.6 Å². The van der Waals surface area contributed by atoms with Gasteiger partial charge in [-0.2, -0.15) is 5.26 Å². The predicted octanol–water partition coefficient (Wildman–Crippen LogP) is 2.23. The minimum atomic E-state index is -0.128. The SMILES string of the molecule is Cc1cccc(NC(=O)C2CCOC2C)c1C#N. The maximum Gasteiger partial charge on any atom is 0.230 e. The van der Waals surface area contributed by atoms with Gasteiger partial charge in [0.2, 0.25) is 5.91 Å². The van der Waals surface area contributed by atoms with E-state index in [9.17, 15) is 4.79 Å². The highest BCUT2D eigenvalue weighted by atomic mass is 16.5. The number of amides is 1. The van der Waals surface area contributed by atoms with Gasteiger partial charge in [0.05, 0.1) is 23.3 Å². The molecule has 0 aliphatic carbocycles. The second kappa shape index (κ2) is 5.19. The Labute approximate surface area is 107 Å². The summed E-state index contributed by atoms with van der Waals surface area (Å²) in [6, 6.07) is 7.57. The summed E-state index contributed by atoms with van der Waals surface area (Å²) >= 11 is 0. The first kappa shape index (κ1) is 12.6. The summed E-state index contributed by atoms with van der Waals surface area (Å²) in [4.78, 5) is 12.1. The number of carbonyl (C=O) groups excluding carboxylic acids is 1. The number of nitriles is 1. The Morgan fingerprint density at radius 3 is 2.94 bits per heavy atom. The molecule has 1 amide bonds. The first-order valence-corrected chi connectivity index (χ1v) is 6.05. The van der Waals surface area contributed by atoms with Crippen molar-refractivity contribution in [3.63, 3.8) is 0 Å². The van der Waals surface area contributed by atoms with Crippen molar-refractivity contribution in [2.75, 3.05) is 11.9 Å². The van der Waals surface area contributed by atoms with Gasteiger partial charge in [-0.25, -0.2) is 0 Å². The lowest BCUT2D eigenvalue weighted by molar-refractivity contribution is -0.121. The minimum Gasteiger partial charge on any atom is -0.378 e. The van der Waals surface area contributed by atoms with Gasteiger partial charge in [-0.3, -0.25) is 4.79 Å². The zero-order valence-electron chi connectivity index (χ0n) is 10.6. The molecule has 2 atom stereocenters. The molecule has 2 unspecified atom stereocenters. The van der Waals surface area contributed by atoms with Crippen LogP contribution >= 0.6 is 0 Å². The fourth-order valence-corrected chi connectivity index (χ4v) is 2.22. The van der Waals surface area contributed by atoms with E-state index in [1.165, 1.54) is 0 Å². The first-order chi connectivity index (χ1) is 8.63. The summed E-state index contributed by atoms with van der Waals surface area (Å²) in [6.07, 6.45) is 0.682. The smallest absolute Gasteiger partial charge is 0.230 e. The average molecular weight is 244 g/mol. The maximum atomic E-state index is 12.1. The van der Waals surface area contributed by atoms with Crippen molar-refractivity contribution >= 4 is 11.6 Å². The molecule has 0 radical (unpaired) electrons. The zero-order valence-corrected chi connectivity index (χ0v) is 10.6. The number of hydrogen-bond donors (Lipinski definition) is 1. The lowest BCUT2D eigenvalue weighted by Gasteiger charge is -2.15. The molecule has 0 spiro atoms. The number of carbonyl (C=O) groups is 1. The Bertz CT molecular complexity index is 505. The first-order valence-electron chi connectivity index (χ1n) is 6.05. The third kappa shape index (κ3) is 2.36. The summed E-state index contributed by atoms with van der Waals surface area (Å²) in [7, 11) is 0. The predicted molar refractivity (Wildman–Crippen MR) is 68.0 cm³/mol. The third-order valence-corrected chi connectivity index (χ3v) is 3.36. The summed E-state index contributed by atoms with van der Waals surface area (Å²) in [5, 5.41) is 11.9. The summed E-state index contributed by atoms with van der Waals surface area (Å²) < 4.78 is 5.38. The molecule has 1 aliphatic rings. The second-order valence-corrected chi connectivity index (χ2v) is 4.57. The number of rotatable bonds is 2. The van der Waals surface area contributed by atoms with Crippen LogP contribution in [0.15, 0.2) is 18.2 Å². The molecule has 1 aliphatic heterocycles. The van der Waals surface area contributed by atoms with E-state index in [2.05, 4.69) is 11.4 Å². The Morgan fingerprint density at radius 2 is 2.33 bits per heavy atom. The molecular formula is C14H16N2O2. The molecule has 4 heteroatoms. The van der Waals surface area contributed by atoms with E-state index in [1.54, 1.807) is 6.07 Å². The van der Waals surface area contributed by atoms with Crippen LogP contribution in [0.1, 0.15) is 24.5 Å². The molecule has 1 aromatic carbocycles. The zero-order chi connectivity index (χ0) is 13.1. The van der Waals surface area contributed by atoms with E-state index in [-0.39, 0.29) is 17.9 Å². The van der Waals surface area contributed by atoms with Crippen molar-refractivity contribution in [1.82, 2.24) is 0 Å². The number of nitrogens with one attached hydrogen (secondary N) is 1. The molecule has 18 heavy (non-hydrogen) atoms. The molecule has 1 N–H and O–H groups in total. The van der Waals surface area contributed by atoms with Crippen molar-refractivity contribution in [2.24, 2.45) is 5.92 Å². The van der Waals surface area contributed by atoms with E-state index in [4.69, 9.17) is 10.00 Å². The number of hydrogen-bond acceptors (Lipinski definition) is 3. The van der Waals surface area contributed by atoms with Crippen molar-refractivity contribution in [3.05, 3.63) is 29.3 Å². The van der Waals surface area contributed by atoms with Crippen LogP contribution in [0.4, 0.5) is 5.69 Å². The number of nitrogens with zero attached hydrogens (tertiary/aromatic N) is 1. The molecule has 2 rings (SSSR count). The van der Waals surface area contributed by atoms with Crippen LogP contribution in [0.3, 0.4) is 0 Å². The molecule has 1 heterocycles. The normalized spacial score (nSPS) is 22.5. The van der Waals surface area contributed by atoms with Gasteiger partial charge in [-0.1, -0.05) is 12.1 Å². The van der Waals surface area contributed by atoms with Gasteiger partial charge in [0, 0.05) is 6.61 Å². The van der Waals surface area contributed by atoms with Gasteiger partial charge >= 0.3 is 0 Å². The topological polar surface area (TPSA) is 62.1 Å². The molecule has 0 saturated carbocycles. The minimum absolute atomic E-state index is 0.0552. The Balaban J connectivity index is 2.17. The van der Waals surface area contributed by atoms with E-state index < -0.39 is 0 Å². The number of benzene rings is 1. The molecule has 1 saturated heterocycles. The lowest BCUT2D eigenvalue weighted by atomic mass is 10.0. The largest absolute Gasteiger partial charge is 0.378 e. The Hall–Kier alpha value is -1.86. The van der Waals surface area contributed by atoms with Crippen LogP contribution in [-0.2, 0) is 9.53 Å². The van der Waals surface area contributed by atoms with Crippen molar-refractivity contribution < 1.29 is 9.53 Å². The van der Waals surface area contributed by atoms with Gasteiger partial charge in [0.1, 0.15) is 6.07 Å². The molecule has 0 bridgehead atoms. The van der Waals surface area contributed by atoms with Crippen LogP contribution in [0, 0.1) is 24.2 Å². The van der Waals surface area contributed by atoms with Crippen LogP contribution in [0.2, 0.25) is 0 Å². The van der Waals surface area contributed by atoms with E-state index in [1.807, 2.05) is 26.0 Å². The number of aryl methyl sites for hydroxylation is 1. The maximum absolute atomic E-state index is 12.1. The van der Waals surface area contributed by atoms with Gasteiger partial charge in [0.15, 0.2) is 0 Å². The summed E-state index contributed by atoms with van der Waals surface area (Å²) in [5.74, 6) is -0.195. The quantitative estimate of drug-likeness (QED) is 0.867. The van der Waals surface area contributed by atoms with Crippen LogP contribution < -0.4 is 5.32 Å². The monoisotopic (exact) mass is 244 g/mol. The van der Waals surface area contributed by atoms with Crippen LogP contribution in [0.25, 0.3) is 0 Å². The molecule has 94 valence electrons. The van der Waals surface area contributed by atoms with Gasteiger partial charge in [-0.05, 0) is 31.9 Å². The van der Waals surface area contributed by atoms with Gasteiger partial charge in [0.25, 0.3) is 0 Å². The average Bonchev–Trinajstić information content (AvgIpc) is 2.76. The number of ether oxygens (including phenoxy) is 1. The van der Waals surface area contributed by atoms with Crippen LogP contribution in [0.5, 0.6) is 0 Å². The summed E-state index contributed by atoms with van der Waals surface area (Å²) in [5.41, 5.74) is 1.98. The standard InChI is InChI=1S/C14H16N2O2/c1-9-4-3-5-13(12(9)8-15)16-14(17)11-6-7-18-10(11)2/h3-5,10-11H,6-7H2,1-2H3,(H,16,17). The highest BCUT2D eigenvalue weighted by Crippen LogP contribution is 2.24.